The monoisotopic (exact) mass is 434 g/mol. The Morgan fingerprint density at radius 3 is 2.52 bits per heavy atom. The van der Waals surface area contributed by atoms with Gasteiger partial charge in [-0.15, -0.1) is 0 Å². The van der Waals surface area contributed by atoms with Crippen molar-refractivity contribution in [3.63, 3.8) is 0 Å². The second-order valence-corrected chi connectivity index (χ2v) is 12.7. The second kappa shape index (κ2) is 8.11. The van der Waals surface area contributed by atoms with E-state index in [9.17, 15) is 20.4 Å². The van der Waals surface area contributed by atoms with E-state index in [0.717, 1.165) is 44.9 Å². The summed E-state index contributed by atoms with van der Waals surface area (Å²) in [6, 6.07) is 0. The normalized spacial score (nSPS) is 49.1. The molecule has 4 aliphatic carbocycles. The van der Waals surface area contributed by atoms with Crippen molar-refractivity contribution >= 4 is 0 Å². The van der Waals surface area contributed by atoms with Crippen molar-refractivity contribution in [1.29, 1.82) is 0 Å². The highest BCUT2D eigenvalue weighted by molar-refractivity contribution is 5.27. The van der Waals surface area contributed by atoms with Crippen molar-refractivity contribution in [1.82, 2.24) is 0 Å². The van der Waals surface area contributed by atoms with Crippen LogP contribution in [-0.2, 0) is 0 Å². The molecule has 0 heterocycles. The van der Waals surface area contributed by atoms with E-state index in [-0.39, 0.29) is 23.4 Å². The Morgan fingerprint density at radius 2 is 1.84 bits per heavy atom. The summed E-state index contributed by atoms with van der Waals surface area (Å²) in [7, 11) is 0. The summed E-state index contributed by atoms with van der Waals surface area (Å²) in [5.41, 5.74) is 0.00432. The molecule has 0 saturated heterocycles. The average molecular weight is 435 g/mol. The number of aliphatic hydroxyl groups excluding tert-OH is 3. The summed E-state index contributed by atoms with van der Waals surface area (Å²) in [6.07, 6.45) is 8.76. The summed E-state index contributed by atoms with van der Waals surface area (Å²) in [5.74, 6) is 1.36. The maximum atomic E-state index is 11.6. The summed E-state index contributed by atoms with van der Waals surface area (Å²) in [6.45, 7) is 10.8. The van der Waals surface area contributed by atoms with Gasteiger partial charge in [0.25, 0.3) is 0 Å². The fourth-order valence-corrected chi connectivity index (χ4v) is 8.74. The third-order valence-corrected chi connectivity index (χ3v) is 10.4. The molecule has 31 heavy (non-hydrogen) atoms. The highest BCUT2D eigenvalue weighted by Gasteiger charge is 2.67. The Labute approximate surface area is 189 Å². The van der Waals surface area contributed by atoms with Crippen molar-refractivity contribution in [2.75, 3.05) is 0 Å². The minimum absolute atomic E-state index is 0.0489. The van der Waals surface area contributed by atoms with Crippen LogP contribution >= 0.6 is 0 Å². The van der Waals surface area contributed by atoms with Crippen LogP contribution in [0.5, 0.6) is 0 Å². The molecular weight excluding hydrogens is 388 g/mol. The van der Waals surface area contributed by atoms with Crippen LogP contribution in [0.3, 0.4) is 0 Å². The minimum atomic E-state index is -0.972. The molecule has 3 unspecified atom stereocenters. The Bertz CT molecular complexity index is 699. The molecule has 4 rings (SSSR count). The number of fused-ring (bicyclic) bond motifs is 5. The van der Waals surface area contributed by atoms with Gasteiger partial charge in [0.1, 0.15) is 0 Å². The molecule has 178 valence electrons. The van der Waals surface area contributed by atoms with Gasteiger partial charge in [0.15, 0.2) is 0 Å². The van der Waals surface area contributed by atoms with E-state index in [1.165, 1.54) is 5.57 Å². The van der Waals surface area contributed by atoms with Crippen LogP contribution in [0, 0.1) is 40.4 Å². The number of hydrogen-bond acceptors (Lipinski definition) is 4. The molecule has 0 aliphatic heterocycles. The molecule has 0 aromatic rings. The first-order valence-corrected chi connectivity index (χ1v) is 12.9. The van der Waals surface area contributed by atoms with E-state index >= 15 is 0 Å². The Hall–Kier alpha value is -0.420. The lowest BCUT2D eigenvalue weighted by molar-refractivity contribution is -0.174. The fraction of sp³-hybridized carbons (Fsp3) is 0.926. The SMILES string of the molecule is CC(C)CCC[C@](C)(O)[C@H]1C(O)C[C@H]2[C@@H]3CC=C4CC(O)CC[C@]4(C)[C@H]3CC(O)[C@@]21C. The quantitative estimate of drug-likeness (QED) is 0.482. The second-order valence-electron chi connectivity index (χ2n) is 12.7. The highest BCUT2D eigenvalue weighted by atomic mass is 16.3. The predicted molar refractivity (Wildman–Crippen MR) is 123 cm³/mol. The van der Waals surface area contributed by atoms with Gasteiger partial charge >= 0.3 is 0 Å². The van der Waals surface area contributed by atoms with Gasteiger partial charge in [0, 0.05) is 11.3 Å². The molecule has 3 fully saturated rings. The van der Waals surface area contributed by atoms with Crippen LogP contribution in [0.15, 0.2) is 11.6 Å². The first-order chi connectivity index (χ1) is 14.4. The summed E-state index contributed by atoms with van der Waals surface area (Å²) < 4.78 is 0. The molecule has 4 nitrogen and oxygen atoms in total. The van der Waals surface area contributed by atoms with Crippen molar-refractivity contribution in [2.45, 2.75) is 116 Å². The van der Waals surface area contributed by atoms with Gasteiger partial charge in [-0.2, -0.15) is 0 Å². The summed E-state index contributed by atoms with van der Waals surface area (Å²) >= 11 is 0. The van der Waals surface area contributed by atoms with Gasteiger partial charge in [0.05, 0.1) is 23.9 Å². The number of hydrogen-bond donors (Lipinski definition) is 4. The molecule has 4 aliphatic rings. The lowest BCUT2D eigenvalue weighted by Gasteiger charge is -2.60. The zero-order valence-electron chi connectivity index (χ0n) is 20.3. The number of allylic oxidation sites excluding steroid dienone is 1. The Balaban J connectivity index is 1.62. The molecule has 0 spiro atoms. The molecule has 10 atom stereocenters. The van der Waals surface area contributed by atoms with E-state index in [4.69, 9.17) is 0 Å². The van der Waals surface area contributed by atoms with Crippen LogP contribution in [0.1, 0.15) is 92.4 Å². The average Bonchev–Trinajstić information content (AvgIpc) is 2.95. The number of rotatable bonds is 5. The topological polar surface area (TPSA) is 80.9 Å². The first kappa shape index (κ1) is 23.7. The fourth-order valence-electron chi connectivity index (χ4n) is 8.74. The van der Waals surface area contributed by atoms with Crippen LogP contribution in [0.4, 0.5) is 0 Å². The maximum absolute atomic E-state index is 11.6. The van der Waals surface area contributed by atoms with Crippen LogP contribution in [0.2, 0.25) is 0 Å². The smallest absolute Gasteiger partial charge is 0.0678 e. The molecule has 0 amide bonds. The molecule has 0 bridgehead atoms. The molecular formula is C27H46O4. The van der Waals surface area contributed by atoms with Crippen LogP contribution in [-0.4, -0.2) is 44.3 Å². The van der Waals surface area contributed by atoms with Crippen molar-refractivity contribution in [3.05, 3.63) is 11.6 Å². The van der Waals surface area contributed by atoms with E-state index in [1.54, 1.807) is 0 Å². The van der Waals surface area contributed by atoms with E-state index in [1.807, 2.05) is 6.92 Å². The van der Waals surface area contributed by atoms with Crippen LogP contribution in [0.25, 0.3) is 0 Å². The predicted octanol–water partition coefficient (Wildman–Crippen LogP) is 4.45. The van der Waals surface area contributed by atoms with Crippen molar-refractivity contribution in [2.24, 2.45) is 40.4 Å². The molecule has 4 heteroatoms. The van der Waals surface area contributed by atoms with Gasteiger partial charge in [-0.25, -0.2) is 0 Å². The lowest BCUT2D eigenvalue weighted by Crippen LogP contribution is -2.59. The molecule has 0 aromatic heterocycles. The van der Waals surface area contributed by atoms with Gasteiger partial charge < -0.3 is 20.4 Å². The minimum Gasteiger partial charge on any atom is -0.393 e. The summed E-state index contributed by atoms with van der Waals surface area (Å²) in [5, 5.41) is 44.6. The van der Waals surface area contributed by atoms with E-state index < -0.39 is 23.2 Å². The zero-order valence-corrected chi connectivity index (χ0v) is 20.3. The third kappa shape index (κ3) is 3.74. The van der Waals surface area contributed by atoms with Crippen molar-refractivity contribution < 1.29 is 20.4 Å². The Morgan fingerprint density at radius 1 is 1.13 bits per heavy atom. The summed E-state index contributed by atoms with van der Waals surface area (Å²) in [4.78, 5) is 0. The maximum Gasteiger partial charge on any atom is 0.0678 e. The zero-order chi connectivity index (χ0) is 22.8. The van der Waals surface area contributed by atoms with E-state index in [2.05, 4.69) is 33.8 Å². The van der Waals surface area contributed by atoms with Gasteiger partial charge in [-0.05, 0) is 81.0 Å². The van der Waals surface area contributed by atoms with Gasteiger partial charge in [-0.3, -0.25) is 0 Å². The standard InChI is InChI=1S/C27H46O4/c1-16(2)7-6-11-26(4,31)24-22(29)14-21-19-9-8-17-13-18(28)10-12-25(17,3)20(19)15-23(30)27(21,24)5/h8,16,18-24,28-31H,6-7,9-15H2,1-5H3/t18?,19-,20+,21+,22?,23?,24-,25+,26+,27-/m1/s1. The largest absolute Gasteiger partial charge is 0.393 e. The molecule has 3 saturated carbocycles. The van der Waals surface area contributed by atoms with E-state index in [0.29, 0.717) is 30.6 Å². The van der Waals surface area contributed by atoms with Gasteiger partial charge in [-0.1, -0.05) is 52.2 Å². The lowest BCUT2D eigenvalue weighted by atomic mass is 9.46. The Kier molecular flexibility index (Phi) is 6.21. The van der Waals surface area contributed by atoms with Gasteiger partial charge in [0.2, 0.25) is 0 Å². The van der Waals surface area contributed by atoms with Crippen LogP contribution < -0.4 is 0 Å². The molecule has 0 aromatic carbocycles. The molecule has 0 radical (unpaired) electrons. The highest BCUT2D eigenvalue weighted by Crippen LogP contribution is 2.67. The third-order valence-electron chi connectivity index (χ3n) is 10.4. The number of aliphatic hydroxyl groups is 4. The first-order valence-electron chi connectivity index (χ1n) is 12.9. The van der Waals surface area contributed by atoms with Crippen molar-refractivity contribution in [3.8, 4) is 0 Å². The molecule has 4 N–H and O–H groups in total.